The Kier molecular flexibility index (Phi) is 4.65. The fourth-order valence-corrected chi connectivity index (χ4v) is 2.77. The summed E-state index contributed by atoms with van der Waals surface area (Å²) in [6.45, 7) is 7.57. The van der Waals surface area contributed by atoms with Crippen LogP contribution in [0.25, 0.3) is 0 Å². The normalized spacial score (nSPS) is 18.1. The van der Waals surface area contributed by atoms with Gasteiger partial charge in [0.1, 0.15) is 5.75 Å². The first-order chi connectivity index (χ1) is 8.78. The van der Waals surface area contributed by atoms with Crippen molar-refractivity contribution in [1.82, 2.24) is 5.32 Å². The summed E-state index contributed by atoms with van der Waals surface area (Å²) in [6.07, 6.45) is 4.90. The van der Waals surface area contributed by atoms with Crippen molar-refractivity contribution in [1.29, 1.82) is 0 Å². The van der Waals surface area contributed by atoms with Crippen LogP contribution in [-0.2, 0) is 6.42 Å². The molecule has 0 spiro atoms. The van der Waals surface area contributed by atoms with Gasteiger partial charge in [-0.15, -0.1) is 0 Å². The largest absolute Gasteiger partial charge is 0.490 e. The van der Waals surface area contributed by atoms with Gasteiger partial charge < -0.3 is 10.1 Å². The van der Waals surface area contributed by atoms with E-state index in [2.05, 4.69) is 44.3 Å². The molecule has 18 heavy (non-hydrogen) atoms. The molecule has 0 saturated carbocycles. The molecule has 1 aromatic carbocycles. The van der Waals surface area contributed by atoms with E-state index in [4.69, 9.17) is 4.74 Å². The third kappa shape index (κ3) is 2.86. The van der Waals surface area contributed by atoms with E-state index in [0.717, 1.165) is 25.1 Å². The van der Waals surface area contributed by atoms with E-state index in [1.54, 1.807) is 0 Å². The summed E-state index contributed by atoms with van der Waals surface area (Å²) in [5, 5.41) is 3.54. The summed E-state index contributed by atoms with van der Waals surface area (Å²) in [6, 6.07) is 7.16. The first-order valence-corrected chi connectivity index (χ1v) is 7.31. The molecule has 0 saturated heterocycles. The summed E-state index contributed by atoms with van der Waals surface area (Å²) in [5.41, 5.74) is 2.93. The van der Waals surface area contributed by atoms with Crippen LogP contribution in [0.4, 0.5) is 0 Å². The van der Waals surface area contributed by atoms with Crippen molar-refractivity contribution in [2.24, 2.45) is 0 Å². The van der Waals surface area contributed by atoms with Crippen LogP contribution in [0.3, 0.4) is 0 Å². The summed E-state index contributed by atoms with van der Waals surface area (Å²) >= 11 is 0. The van der Waals surface area contributed by atoms with Crippen LogP contribution in [0.15, 0.2) is 18.2 Å². The second kappa shape index (κ2) is 6.24. The van der Waals surface area contributed by atoms with E-state index in [9.17, 15) is 0 Å². The molecule has 0 heterocycles. The molecule has 0 fully saturated rings. The van der Waals surface area contributed by atoms with Crippen molar-refractivity contribution < 1.29 is 4.74 Å². The molecule has 0 aromatic heterocycles. The maximum absolute atomic E-state index is 6.01. The molecular formula is C16H25NO. The Bertz CT molecular complexity index is 385. The molecule has 2 nitrogen and oxygen atoms in total. The Morgan fingerprint density at radius 2 is 2.06 bits per heavy atom. The van der Waals surface area contributed by atoms with Gasteiger partial charge in [0, 0.05) is 6.04 Å². The minimum absolute atomic E-state index is 0.356. The van der Waals surface area contributed by atoms with Gasteiger partial charge in [0.05, 0.1) is 6.10 Å². The van der Waals surface area contributed by atoms with Crippen molar-refractivity contribution in [3.05, 3.63) is 29.3 Å². The van der Waals surface area contributed by atoms with Gasteiger partial charge in [-0.2, -0.15) is 0 Å². The molecule has 1 aliphatic carbocycles. The smallest absolute Gasteiger partial charge is 0.120 e. The van der Waals surface area contributed by atoms with Crippen molar-refractivity contribution >= 4 is 0 Å². The lowest BCUT2D eigenvalue weighted by atomic mass is 10.1. The molecule has 0 radical (unpaired) electrons. The van der Waals surface area contributed by atoms with Crippen LogP contribution in [-0.4, -0.2) is 12.6 Å². The van der Waals surface area contributed by atoms with Crippen molar-refractivity contribution in [3.8, 4) is 5.75 Å². The molecule has 1 N–H and O–H groups in total. The summed E-state index contributed by atoms with van der Waals surface area (Å²) in [5.74, 6) is 1.04. The minimum atomic E-state index is 0.356. The van der Waals surface area contributed by atoms with Gasteiger partial charge >= 0.3 is 0 Å². The van der Waals surface area contributed by atoms with E-state index < -0.39 is 0 Å². The molecule has 1 aliphatic rings. The Balaban J connectivity index is 2.09. The number of hydrogen-bond donors (Lipinski definition) is 1. The van der Waals surface area contributed by atoms with Crippen LogP contribution < -0.4 is 10.1 Å². The van der Waals surface area contributed by atoms with Gasteiger partial charge in [0.2, 0.25) is 0 Å². The topological polar surface area (TPSA) is 21.3 Å². The van der Waals surface area contributed by atoms with Crippen LogP contribution in [0.1, 0.15) is 57.2 Å². The quantitative estimate of drug-likeness (QED) is 0.824. The predicted octanol–water partition coefficient (Wildman–Crippen LogP) is 3.85. The van der Waals surface area contributed by atoms with Gasteiger partial charge in [-0.1, -0.05) is 26.8 Å². The Labute approximate surface area is 111 Å². The number of rotatable bonds is 6. The van der Waals surface area contributed by atoms with Gasteiger partial charge in [0.25, 0.3) is 0 Å². The van der Waals surface area contributed by atoms with Crippen LogP contribution >= 0.6 is 0 Å². The lowest BCUT2D eigenvalue weighted by molar-refractivity contribution is 0.192. The monoisotopic (exact) mass is 247 g/mol. The van der Waals surface area contributed by atoms with E-state index in [0.29, 0.717) is 12.1 Å². The summed E-state index contributed by atoms with van der Waals surface area (Å²) in [7, 11) is 0. The molecule has 100 valence electrons. The van der Waals surface area contributed by atoms with Gasteiger partial charge in [-0.05, 0) is 55.5 Å². The first-order valence-electron chi connectivity index (χ1n) is 7.31. The summed E-state index contributed by atoms with van der Waals surface area (Å²) in [4.78, 5) is 0. The van der Waals surface area contributed by atoms with Gasteiger partial charge in [0.15, 0.2) is 0 Å². The van der Waals surface area contributed by atoms with E-state index >= 15 is 0 Å². The van der Waals surface area contributed by atoms with Crippen LogP contribution in [0, 0.1) is 0 Å². The molecule has 1 unspecified atom stereocenters. The molecule has 0 aliphatic heterocycles. The van der Waals surface area contributed by atoms with Crippen molar-refractivity contribution in [2.75, 3.05) is 6.54 Å². The molecule has 2 heteroatoms. The minimum Gasteiger partial charge on any atom is -0.490 e. The van der Waals surface area contributed by atoms with Gasteiger partial charge in [-0.3, -0.25) is 0 Å². The van der Waals surface area contributed by atoms with E-state index in [1.807, 2.05) is 0 Å². The predicted molar refractivity (Wildman–Crippen MR) is 76.2 cm³/mol. The number of hydrogen-bond acceptors (Lipinski definition) is 2. The molecule has 2 rings (SSSR count). The fourth-order valence-electron chi connectivity index (χ4n) is 2.77. The molecule has 0 bridgehead atoms. The van der Waals surface area contributed by atoms with Crippen molar-refractivity contribution in [3.63, 3.8) is 0 Å². The highest BCUT2D eigenvalue weighted by atomic mass is 16.5. The lowest BCUT2D eigenvalue weighted by Gasteiger charge is -2.17. The Hall–Kier alpha value is -1.02. The average Bonchev–Trinajstić information content (AvgIpc) is 2.79. The molecular weight excluding hydrogens is 222 g/mol. The lowest BCUT2D eigenvalue weighted by Crippen LogP contribution is -2.18. The maximum Gasteiger partial charge on any atom is 0.120 e. The Morgan fingerprint density at radius 1 is 1.28 bits per heavy atom. The second-order valence-corrected chi connectivity index (χ2v) is 5.07. The first kappa shape index (κ1) is 13.4. The molecule has 0 amide bonds. The van der Waals surface area contributed by atoms with Crippen LogP contribution in [0.2, 0.25) is 0 Å². The third-order valence-corrected chi connectivity index (χ3v) is 3.86. The SMILES string of the molecule is CCNC1CCc2cc(OC(CC)CC)ccc21. The second-order valence-electron chi connectivity index (χ2n) is 5.07. The zero-order valence-electron chi connectivity index (χ0n) is 11.8. The maximum atomic E-state index is 6.01. The van der Waals surface area contributed by atoms with Gasteiger partial charge in [-0.25, -0.2) is 0 Å². The average molecular weight is 247 g/mol. The Morgan fingerprint density at radius 3 is 2.72 bits per heavy atom. The summed E-state index contributed by atoms with van der Waals surface area (Å²) < 4.78 is 6.01. The standard InChI is InChI=1S/C16H25NO/c1-4-13(5-2)18-14-8-9-15-12(11-14)7-10-16(15)17-6-3/h8-9,11,13,16-17H,4-7,10H2,1-3H3. The fraction of sp³-hybridized carbons (Fsp3) is 0.625. The highest BCUT2D eigenvalue weighted by molar-refractivity contribution is 5.40. The molecule has 1 aromatic rings. The third-order valence-electron chi connectivity index (χ3n) is 3.86. The zero-order valence-corrected chi connectivity index (χ0v) is 11.8. The molecule has 1 atom stereocenters. The zero-order chi connectivity index (χ0) is 13.0. The number of benzene rings is 1. The highest BCUT2D eigenvalue weighted by Gasteiger charge is 2.22. The number of ether oxygens (including phenoxy) is 1. The number of nitrogens with one attached hydrogen (secondary N) is 1. The highest BCUT2D eigenvalue weighted by Crippen LogP contribution is 2.33. The van der Waals surface area contributed by atoms with Crippen LogP contribution in [0.5, 0.6) is 5.75 Å². The number of fused-ring (bicyclic) bond motifs is 1. The number of aryl methyl sites for hydroxylation is 1. The van der Waals surface area contributed by atoms with E-state index in [-0.39, 0.29) is 0 Å². The van der Waals surface area contributed by atoms with Crippen molar-refractivity contribution in [2.45, 2.75) is 58.6 Å². The van der Waals surface area contributed by atoms with E-state index in [1.165, 1.54) is 24.0 Å².